The van der Waals surface area contributed by atoms with Crippen molar-refractivity contribution in [1.82, 2.24) is 15.5 Å². The van der Waals surface area contributed by atoms with E-state index in [0.717, 1.165) is 29.5 Å². The van der Waals surface area contributed by atoms with Crippen molar-refractivity contribution in [3.63, 3.8) is 0 Å². The number of aryl methyl sites for hydroxylation is 2. The third-order valence-electron chi connectivity index (χ3n) is 7.25. The number of rotatable bonds is 12. The van der Waals surface area contributed by atoms with Crippen LogP contribution in [0.5, 0.6) is 0 Å². The summed E-state index contributed by atoms with van der Waals surface area (Å²) in [5, 5.41) is 6.02. The second-order valence-corrected chi connectivity index (χ2v) is 12.3. The lowest BCUT2D eigenvalue weighted by atomic mass is 9.88. The van der Waals surface area contributed by atoms with Gasteiger partial charge in [-0.3, -0.25) is 9.59 Å². The number of alkyl carbamates (subject to hydrolysis) is 1. The molecule has 0 bridgehead atoms. The normalized spacial score (nSPS) is 15.2. The van der Waals surface area contributed by atoms with Gasteiger partial charge < -0.3 is 20.3 Å². The van der Waals surface area contributed by atoms with Crippen LogP contribution in [0.25, 0.3) is 0 Å². The molecule has 2 N–H and O–H groups in total. The molecule has 4 unspecified atom stereocenters. The Hall–Kier alpha value is -2.57. The molecule has 0 aliphatic rings. The third kappa shape index (κ3) is 9.32. The molecular formula is C31H53N3O4. The van der Waals surface area contributed by atoms with E-state index >= 15 is 0 Å². The summed E-state index contributed by atoms with van der Waals surface area (Å²) >= 11 is 0. The van der Waals surface area contributed by atoms with E-state index in [1.165, 1.54) is 0 Å². The quantitative estimate of drug-likeness (QED) is 0.318. The summed E-state index contributed by atoms with van der Waals surface area (Å²) in [6.45, 7) is 23.3. The predicted molar refractivity (Wildman–Crippen MR) is 155 cm³/mol. The minimum absolute atomic E-state index is 0.0351. The summed E-state index contributed by atoms with van der Waals surface area (Å²) in [4.78, 5) is 43.2. The summed E-state index contributed by atoms with van der Waals surface area (Å²) in [5.74, 6) is -0.678. The Morgan fingerprint density at radius 1 is 0.974 bits per heavy atom. The van der Waals surface area contributed by atoms with Gasteiger partial charge in [0, 0.05) is 11.6 Å². The molecule has 0 radical (unpaired) electrons. The summed E-state index contributed by atoms with van der Waals surface area (Å²) in [5.41, 5.74) is 1.36. The molecule has 1 aromatic carbocycles. The van der Waals surface area contributed by atoms with Crippen molar-refractivity contribution >= 4 is 17.9 Å². The Labute approximate surface area is 231 Å². The van der Waals surface area contributed by atoms with Crippen LogP contribution in [0.1, 0.15) is 118 Å². The number of carbonyl (C=O) groups is 3. The van der Waals surface area contributed by atoms with Crippen molar-refractivity contribution in [2.45, 2.75) is 138 Å². The largest absolute Gasteiger partial charge is 0.444 e. The molecule has 0 aliphatic carbocycles. The zero-order chi connectivity index (χ0) is 29.4. The Balaban J connectivity index is 3.77. The highest BCUT2D eigenvalue weighted by molar-refractivity contribution is 5.93. The van der Waals surface area contributed by atoms with Crippen LogP contribution in [-0.2, 0) is 14.3 Å². The van der Waals surface area contributed by atoms with E-state index in [2.05, 4.69) is 17.6 Å². The van der Waals surface area contributed by atoms with E-state index < -0.39 is 29.3 Å². The monoisotopic (exact) mass is 531 g/mol. The topological polar surface area (TPSA) is 87.7 Å². The van der Waals surface area contributed by atoms with Gasteiger partial charge in [0.05, 0.1) is 0 Å². The van der Waals surface area contributed by atoms with Crippen LogP contribution in [0.2, 0.25) is 0 Å². The number of hydrogen-bond donors (Lipinski definition) is 2. The lowest BCUT2D eigenvalue weighted by Crippen LogP contribution is -2.61. The van der Waals surface area contributed by atoms with Gasteiger partial charge in [0.1, 0.15) is 17.7 Å². The molecule has 0 saturated carbocycles. The first-order valence-corrected chi connectivity index (χ1v) is 14.2. The van der Waals surface area contributed by atoms with Crippen molar-refractivity contribution < 1.29 is 19.1 Å². The maximum absolute atomic E-state index is 14.6. The zero-order valence-electron chi connectivity index (χ0n) is 26.0. The third-order valence-corrected chi connectivity index (χ3v) is 7.25. The van der Waals surface area contributed by atoms with Crippen molar-refractivity contribution in [2.75, 3.05) is 0 Å². The Morgan fingerprint density at radius 2 is 1.58 bits per heavy atom. The summed E-state index contributed by atoms with van der Waals surface area (Å²) < 4.78 is 5.51. The number of nitrogens with one attached hydrogen (secondary N) is 2. The van der Waals surface area contributed by atoms with E-state index in [-0.39, 0.29) is 23.8 Å². The van der Waals surface area contributed by atoms with Crippen LogP contribution in [0.4, 0.5) is 4.79 Å². The lowest BCUT2D eigenvalue weighted by Gasteiger charge is -2.46. The molecule has 0 heterocycles. The average molecular weight is 532 g/mol. The number of benzene rings is 1. The lowest BCUT2D eigenvalue weighted by molar-refractivity contribution is -0.150. The van der Waals surface area contributed by atoms with Gasteiger partial charge in [-0.25, -0.2) is 4.79 Å². The number of carbonyl (C=O) groups excluding carboxylic acids is 3. The summed E-state index contributed by atoms with van der Waals surface area (Å²) in [6, 6.07) is 4.25. The first-order chi connectivity index (χ1) is 17.5. The van der Waals surface area contributed by atoms with E-state index in [9.17, 15) is 14.4 Å². The van der Waals surface area contributed by atoms with Gasteiger partial charge in [-0.2, -0.15) is 0 Å². The van der Waals surface area contributed by atoms with Gasteiger partial charge in [-0.1, -0.05) is 64.3 Å². The number of amides is 3. The van der Waals surface area contributed by atoms with E-state index in [4.69, 9.17) is 4.74 Å². The molecule has 3 amide bonds. The molecular weight excluding hydrogens is 478 g/mol. The fourth-order valence-electron chi connectivity index (χ4n) is 4.49. The van der Waals surface area contributed by atoms with Gasteiger partial charge >= 0.3 is 6.09 Å². The summed E-state index contributed by atoms with van der Waals surface area (Å²) in [6.07, 6.45) is 2.42. The second-order valence-electron chi connectivity index (χ2n) is 12.3. The molecule has 7 heteroatoms. The van der Waals surface area contributed by atoms with Crippen LogP contribution in [0, 0.1) is 19.8 Å². The molecule has 0 aromatic heterocycles. The molecule has 4 atom stereocenters. The average Bonchev–Trinajstić information content (AvgIpc) is 2.80. The highest BCUT2D eigenvalue weighted by atomic mass is 16.6. The van der Waals surface area contributed by atoms with Gasteiger partial charge in [0.2, 0.25) is 11.8 Å². The molecule has 1 rings (SSSR count). The highest BCUT2D eigenvalue weighted by Crippen LogP contribution is 2.35. The molecule has 0 aliphatic heterocycles. The predicted octanol–water partition coefficient (Wildman–Crippen LogP) is 6.61. The second kappa shape index (κ2) is 14.0. The molecule has 1 aromatic rings. The molecule has 0 spiro atoms. The summed E-state index contributed by atoms with van der Waals surface area (Å²) in [7, 11) is 0. The maximum Gasteiger partial charge on any atom is 0.408 e. The van der Waals surface area contributed by atoms with Crippen LogP contribution < -0.4 is 10.6 Å². The molecule has 7 nitrogen and oxygen atoms in total. The zero-order valence-corrected chi connectivity index (χ0v) is 26.0. The van der Waals surface area contributed by atoms with Crippen molar-refractivity contribution in [2.24, 2.45) is 5.92 Å². The Morgan fingerprint density at radius 3 is 2.08 bits per heavy atom. The van der Waals surface area contributed by atoms with Crippen molar-refractivity contribution in [1.29, 1.82) is 0 Å². The fraction of sp³-hybridized carbons (Fsp3) is 0.710. The Bertz CT molecular complexity index is 951. The minimum atomic E-state index is -0.858. The van der Waals surface area contributed by atoms with Gasteiger partial charge in [0.25, 0.3) is 0 Å². The van der Waals surface area contributed by atoms with Gasteiger partial charge in [-0.05, 0) is 85.3 Å². The van der Waals surface area contributed by atoms with Crippen LogP contribution in [-0.4, -0.2) is 46.0 Å². The van der Waals surface area contributed by atoms with E-state index in [1.54, 1.807) is 25.7 Å². The Kier molecular flexibility index (Phi) is 12.3. The molecule has 0 saturated heterocycles. The van der Waals surface area contributed by atoms with Crippen molar-refractivity contribution in [3.05, 3.63) is 34.9 Å². The van der Waals surface area contributed by atoms with Crippen LogP contribution in [0.3, 0.4) is 0 Å². The van der Waals surface area contributed by atoms with Crippen molar-refractivity contribution in [3.8, 4) is 0 Å². The SMILES string of the molecule is CCCC(C)NC(=O)C(c1cc(C)ccc1C)N(C(=O)C(NC(=O)OC(C)(C)C)C(C)CC)C(C)(C)CC. The smallest absolute Gasteiger partial charge is 0.408 e. The highest BCUT2D eigenvalue weighted by Gasteiger charge is 2.44. The number of nitrogens with zero attached hydrogens (tertiary/aromatic N) is 1. The standard InChI is InChI=1S/C31H53N3O4/c1-13-16-23(7)32-27(35)26(24-19-20(4)17-18-22(24)6)34(31(11,12)15-3)28(36)25(21(5)14-2)33-29(37)38-30(8,9)10/h17-19,21,23,25-26H,13-16H2,1-12H3,(H,32,35)(H,33,37). The maximum atomic E-state index is 14.6. The van der Waals surface area contributed by atoms with Crippen LogP contribution in [0.15, 0.2) is 18.2 Å². The molecule has 0 fully saturated rings. The minimum Gasteiger partial charge on any atom is -0.444 e. The molecule has 38 heavy (non-hydrogen) atoms. The number of hydrogen-bond acceptors (Lipinski definition) is 4. The van der Waals surface area contributed by atoms with Gasteiger partial charge in [-0.15, -0.1) is 0 Å². The van der Waals surface area contributed by atoms with Crippen LogP contribution >= 0.6 is 0 Å². The fourth-order valence-corrected chi connectivity index (χ4v) is 4.49. The first-order valence-electron chi connectivity index (χ1n) is 14.2. The van der Waals surface area contributed by atoms with E-state index in [0.29, 0.717) is 12.8 Å². The number of ether oxygens (including phenoxy) is 1. The van der Waals surface area contributed by atoms with E-state index in [1.807, 2.05) is 73.6 Å². The van der Waals surface area contributed by atoms with Gasteiger partial charge in [0.15, 0.2) is 0 Å². The molecule has 216 valence electrons. The first kappa shape index (κ1) is 33.5.